The van der Waals surface area contributed by atoms with E-state index in [4.69, 9.17) is 0 Å². The molecular formula is C64H62BCl2HfN2O2. The van der Waals surface area contributed by atoms with Crippen molar-refractivity contribution >= 4 is 67.2 Å². The van der Waals surface area contributed by atoms with Crippen LogP contribution < -0.4 is 10.5 Å². The van der Waals surface area contributed by atoms with Gasteiger partial charge in [0, 0.05) is 0 Å². The number of nitrogens with one attached hydrogen (secondary N) is 2. The zero-order valence-electron chi connectivity index (χ0n) is 42.5. The van der Waals surface area contributed by atoms with Gasteiger partial charge >= 0.3 is 437 Å². The van der Waals surface area contributed by atoms with Gasteiger partial charge in [-0.3, -0.25) is 0 Å². The number of fused-ring (bicyclic) bond motifs is 4. The molecule has 0 bridgehead atoms. The predicted molar refractivity (Wildman–Crippen MR) is 304 cm³/mol. The Bertz CT molecular complexity index is 3310. The summed E-state index contributed by atoms with van der Waals surface area (Å²) in [7, 11) is 18.6. The molecule has 0 radical (unpaired) electrons. The molecule has 8 heteroatoms. The van der Waals surface area contributed by atoms with Crippen molar-refractivity contribution in [2.45, 2.75) is 75.6 Å². The van der Waals surface area contributed by atoms with E-state index in [1.165, 1.54) is 21.5 Å². The van der Waals surface area contributed by atoms with E-state index in [1.54, 1.807) is 0 Å². The van der Waals surface area contributed by atoms with Gasteiger partial charge in [0.2, 0.25) is 0 Å². The second-order valence-corrected chi connectivity index (χ2v) is 52.3. The summed E-state index contributed by atoms with van der Waals surface area (Å²) in [6, 6.07) is 60.5. The first kappa shape index (κ1) is 49.8. The fourth-order valence-corrected chi connectivity index (χ4v) is 42.2. The van der Waals surface area contributed by atoms with Crippen LogP contribution in [0.25, 0.3) is 78.2 Å². The van der Waals surface area contributed by atoms with Crippen LogP contribution in [-0.2, 0) is 25.5 Å². The summed E-state index contributed by atoms with van der Waals surface area (Å²) in [5.74, 6) is -0.453. The molecular weight excluding hydrogens is 1090 g/mol. The molecule has 2 unspecified atom stereocenters. The Morgan fingerprint density at radius 1 is 0.444 bits per heavy atom. The van der Waals surface area contributed by atoms with Gasteiger partial charge in [0.1, 0.15) is 0 Å². The van der Waals surface area contributed by atoms with Gasteiger partial charge in [0.05, 0.1) is 0 Å². The summed E-state index contributed by atoms with van der Waals surface area (Å²) in [5, 5.41) is 11.5. The number of hydrogen-bond donors (Lipinski definition) is 2. The number of carbonyl (C=O) groups is 2. The van der Waals surface area contributed by atoms with Crippen molar-refractivity contribution in [1.82, 2.24) is 10.5 Å². The summed E-state index contributed by atoms with van der Waals surface area (Å²) in [4.78, 5) is 28.4. The number of carbonyl (C=O) groups excluding carboxylic acids is 2. The van der Waals surface area contributed by atoms with Crippen LogP contribution in [0.2, 0.25) is 0 Å². The number of rotatable bonds is 11. The second kappa shape index (κ2) is 18.9. The molecule has 2 atom stereocenters. The molecule has 72 heavy (non-hydrogen) atoms. The Morgan fingerprint density at radius 2 is 0.750 bits per heavy atom. The minimum absolute atomic E-state index is 0.190. The molecule has 4 nitrogen and oxygen atoms in total. The van der Waals surface area contributed by atoms with Crippen LogP contribution in [0.15, 0.2) is 181 Å². The number of hydrogen-bond acceptors (Lipinski definition) is 2. The average Bonchev–Trinajstić information content (AvgIpc) is 4.01. The van der Waals surface area contributed by atoms with Gasteiger partial charge in [-0.15, -0.1) is 0 Å². The Balaban J connectivity index is 1.26. The summed E-state index contributed by atoms with van der Waals surface area (Å²) >= 11 is -6.56. The Labute approximate surface area is 434 Å². The third-order valence-electron chi connectivity index (χ3n) is 15.4. The fourth-order valence-electron chi connectivity index (χ4n) is 11.9. The zero-order valence-corrected chi connectivity index (χ0v) is 47.6. The number of benzene rings is 8. The van der Waals surface area contributed by atoms with Crippen molar-refractivity contribution in [2.75, 3.05) is 0 Å². The monoisotopic (exact) mass is 1150 g/mol. The van der Waals surface area contributed by atoms with Gasteiger partial charge in [-0.05, 0) is 0 Å². The Kier molecular flexibility index (Phi) is 13.1. The quantitative estimate of drug-likeness (QED) is 0.127. The molecule has 0 heterocycles. The first-order valence-electron chi connectivity index (χ1n) is 25.4. The molecule has 8 aromatic carbocycles. The third kappa shape index (κ3) is 8.45. The second-order valence-electron chi connectivity index (χ2n) is 21.8. The van der Waals surface area contributed by atoms with Crippen LogP contribution in [0.3, 0.4) is 0 Å². The molecule has 10 rings (SSSR count). The summed E-state index contributed by atoms with van der Waals surface area (Å²) in [5.41, 5.74) is 14.4. The molecule has 0 saturated carbocycles. The van der Waals surface area contributed by atoms with E-state index in [1.807, 2.05) is 13.8 Å². The van der Waals surface area contributed by atoms with Crippen molar-refractivity contribution in [3.05, 3.63) is 203 Å². The Morgan fingerprint density at radius 3 is 1.12 bits per heavy atom. The van der Waals surface area contributed by atoms with Crippen LogP contribution in [0.5, 0.6) is 0 Å². The first-order valence-corrected chi connectivity index (χ1v) is 40.6. The maximum atomic E-state index is 14.2. The molecule has 0 aliphatic heterocycles. The third-order valence-corrected chi connectivity index (χ3v) is 43.5. The Hall–Kier alpha value is -5.78. The topological polar surface area (TPSA) is 58.2 Å². The van der Waals surface area contributed by atoms with Gasteiger partial charge in [0.25, 0.3) is 0 Å². The molecule has 2 amide bonds. The molecule has 2 aliphatic rings. The van der Waals surface area contributed by atoms with Gasteiger partial charge in [-0.25, -0.2) is 0 Å². The SMILES string of the molecule is CCC(=O)N[B](NC(=O)CC)[Hf]([Cl])([Cl])([CH]1C(C(C)(C)C)=Cc2c(-c3ccccc3-c3cccc4ccccc34)cccc21)[CH]1C(C(C)(C)C)=Cc2c(-c3ccccc3-c3cccc4ccccc34)cccc21. The van der Waals surface area contributed by atoms with E-state index in [-0.39, 0.29) is 24.7 Å². The van der Waals surface area contributed by atoms with Gasteiger partial charge in [-0.2, -0.15) is 0 Å². The van der Waals surface area contributed by atoms with E-state index in [9.17, 15) is 26.7 Å². The van der Waals surface area contributed by atoms with Crippen LogP contribution in [0, 0.1) is 10.8 Å². The number of halogens is 2. The standard InChI is InChI=1S/2C29H25.C6H11BN2O2.2ClH.Hf/c2*1-29(2,3)22-18-21-12-9-17-27(28(21)19-22)26-15-7-6-14-25(26)24-16-8-11-20-10-4-5-13-23(20)24;1-3-5(10)8-7-9-6(11)4-2;;;/h2*4-19H,1-3H3;3-4H2,1-2H3,(H-,8,9,10,11);2*1H;/q;;;;;+1/p-1. The van der Waals surface area contributed by atoms with E-state index >= 15 is 0 Å². The number of allylic oxidation sites excluding steroid dienone is 2. The van der Waals surface area contributed by atoms with Gasteiger partial charge in [-0.1, -0.05) is 0 Å². The van der Waals surface area contributed by atoms with Crippen LogP contribution in [0.1, 0.15) is 97.8 Å². The summed E-state index contributed by atoms with van der Waals surface area (Å²) in [6.07, 6.45) is 5.08. The van der Waals surface area contributed by atoms with E-state index in [2.05, 4.69) is 234 Å². The van der Waals surface area contributed by atoms with Crippen molar-refractivity contribution in [3.8, 4) is 44.5 Å². The van der Waals surface area contributed by atoms with Crippen molar-refractivity contribution in [3.63, 3.8) is 0 Å². The molecule has 8 aromatic rings. The first-order chi connectivity index (χ1) is 34.4. The molecule has 0 aromatic heterocycles. The molecule has 2 aliphatic carbocycles. The molecule has 2 N–H and O–H groups in total. The van der Waals surface area contributed by atoms with E-state index in [0.29, 0.717) is 0 Å². The minimum atomic E-state index is -6.56. The molecule has 361 valence electrons. The van der Waals surface area contributed by atoms with E-state index < -0.39 is 38.7 Å². The van der Waals surface area contributed by atoms with Crippen molar-refractivity contribution in [2.24, 2.45) is 10.8 Å². The van der Waals surface area contributed by atoms with Crippen LogP contribution >= 0.6 is 17.2 Å². The van der Waals surface area contributed by atoms with Gasteiger partial charge < -0.3 is 0 Å². The van der Waals surface area contributed by atoms with Gasteiger partial charge in [0.15, 0.2) is 0 Å². The van der Waals surface area contributed by atoms with Crippen molar-refractivity contribution in [1.29, 1.82) is 0 Å². The summed E-state index contributed by atoms with van der Waals surface area (Å²) in [6.45, 7) is 17.1. The van der Waals surface area contributed by atoms with Crippen LogP contribution in [-0.4, -0.2) is 16.4 Å². The van der Waals surface area contributed by atoms with E-state index in [0.717, 1.165) is 77.9 Å². The number of amides is 2. The maximum absolute atomic E-state index is 14.2. The summed E-state index contributed by atoms with van der Waals surface area (Å²) < 4.78 is -2.14. The molecule has 0 saturated heterocycles. The predicted octanol–water partition coefficient (Wildman–Crippen LogP) is 17.4. The zero-order chi connectivity index (χ0) is 50.8. The average molecular weight is 1150 g/mol. The molecule has 0 fully saturated rings. The van der Waals surface area contributed by atoms with Crippen LogP contribution in [0.4, 0.5) is 0 Å². The normalized spacial score (nSPS) is 16.1. The fraction of sp³-hybridized carbons (Fsp3) is 0.219. The molecule has 0 spiro atoms. The van der Waals surface area contributed by atoms with Crippen molar-refractivity contribution < 1.29 is 25.5 Å².